The number of anilines is 3. The molecular formula is C16H13FN8O2S. The van der Waals surface area contributed by atoms with Crippen molar-refractivity contribution in [2.24, 2.45) is 4.99 Å². The van der Waals surface area contributed by atoms with E-state index < -0.39 is 21.7 Å². The number of hydrogen-bond acceptors (Lipinski definition) is 10. The van der Waals surface area contributed by atoms with E-state index in [1.54, 1.807) is 6.19 Å². The minimum atomic E-state index is -3.76. The van der Waals surface area contributed by atoms with E-state index in [9.17, 15) is 18.1 Å². The Morgan fingerprint density at radius 3 is 2.64 bits per heavy atom. The van der Waals surface area contributed by atoms with Crippen LogP contribution in [0.5, 0.6) is 0 Å². The van der Waals surface area contributed by atoms with Crippen LogP contribution in [0.15, 0.2) is 28.1 Å². The molecule has 1 aliphatic heterocycles. The number of nitrogen functional groups attached to an aromatic ring is 2. The number of nitriles is 2. The van der Waals surface area contributed by atoms with Gasteiger partial charge < -0.3 is 16.8 Å². The molecule has 0 saturated carbocycles. The molecule has 3 rings (SSSR count). The van der Waals surface area contributed by atoms with Crippen molar-refractivity contribution in [3.8, 4) is 12.3 Å². The van der Waals surface area contributed by atoms with Crippen LogP contribution < -0.4 is 22.1 Å². The van der Waals surface area contributed by atoms with Gasteiger partial charge in [-0.2, -0.15) is 10.5 Å². The quantitative estimate of drug-likeness (QED) is 0.318. The van der Waals surface area contributed by atoms with Crippen molar-refractivity contribution in [1.82, 2.24) is 10.3 Å². The highest BCUT2D eigenvalue weighted by Crippen LogP contribution is 2.42. The minimum absolute atomic E-state index is 0.0235. The lowest BCUT2D eigenvalue weighted by Gasteiger charge is -2.27. The predicted molar refractivity (Wildman–Crippen MR) is 98.9 cm³/mol. The lowest BCUT2D eigenvalue weighted by Crippen LogP contribution is -2.33. The summed E-state index contributed by atoms with van der Waals surface area (Å²) in [7, 11) is -3.76. The predicted octanol–water partition coefficient (Wildman–Crippen LogP) is 0.602. The van der Waals surface area contributed by atoms with Crippen LogP contribution in [-0.2, 0) is 9.84 Å². The van der Waals surface area contributed by atoms with Crippen LogP contribution in [0.3, 0.4) is 0 Å². The van der Waals surface area contributed by atoms with Gasteiger partial charge in [-0.05, 0) is 18.2 Å². The molecule has 1 aliphatic rings. The summed E-state index contributed by atoms with van der Waals surface area (Å²) in [6, 6.07) is 3.79. The summed E-state index contributed by atoms with van der Waals surface area (Å²) in [4.78, 5) is 8.11. The highest BCUT2D eigenvalue weighted by atomic mass is 32.2. The molecule has 2 heterocycles. The van der Waals surface area contributed by atoms with Gasteiger partial charge in [0.05, 0.1) is 10.6 Å². The van der Waals surface area contributed by atoms with E-state index in [1.165, 1.54) is 0 Å². The number of sulfone groups is 1. The number of pyridine rings is 1. The summed E-state index contributed by atoms with van der Waals surface area (Å²) in [5.74, 6) is -0.865. The largest absolute Gasteiger partial charge is 0.397 e. The van der Waals surface area contributed by atoms with Gasteiger partial charge in [0.25, 0.3) is 0 Å². The van der Waals surface area contributed by atoms with E-state index in [1.807, 2.05) is 6.07 Å². The molecule has 0 radical (unpaired) electrons. The maximum Gasteiger partial charge on any atom is 0.211 e. The Kier molecular flexibility index (Phi) is 4.50. The molecule has 0 bridgehead atoms. The zero-order valence-corrected chi connectivity index (χ0v) is 15.2. The van der Waals surface area contributed by atoms with Gasteiger partial charge in [-0.3, -0.25) is 5.32 Å². The van der Waals surface area contributed by atoms with Crippen molar-refractivity contribution in [3.63, 3.8) is 0 Å². The Bertz CT molecular complexity index is 1210. The Morgan fingerprint density at radius 2 is 2.04 bits per heavy atom. The number of guanidine groups is 1. The van der Waals surface area contributed by atoms with Gasteiger partial charge >= 0.3 is 0 Å². The van der Waals surface area contributed by atoms with Gasteiger partial charge in [0.15, 0.2) is 16.0 Å². The molecule has 1 atom stereocenters. The van der Waals surface area contributed by atoms with Gasteiger partial charge in [0, 0.05) is 17.4 Å². The zero-order chi connectivity index (χ0) is 20.6. The maximum absolute atomic E-state index is 14.0. The van der Waals surface area contributed by atoms with Gasteiger partial charge in [0.2, 0.25) is 5.96 Å². The van der Waals surface area contributed by atoms with E-state index in [0.29, 0.717) is 0 Å². The zero-order valence-electron chi connectivity index (χ0n) is 14.4. The molecule has 6 N–H and O–H groups in total. The highest BCUT2D eigenvalue weighted by Gasteiger charge is 2.32. The number of nitrogens with two attached hydrogens (primary N) is 2. The van der Waals surface area contributed by atoms with Crippen molar-refractivity contribution >= 4 is 33.1 Å². The van der Waals surface area contributed by atoms with Crippen LogP contribution in [0.25, 0.3) is 0 Å². The van der Waals surface area contributed by atoms with Crippen molar-refractivity contribution < 1.29 is 12.8 Å². The van der Waals surface area contributed by atoms with Gasteiger partial charge in [-0.25, -0.2) is 22.8 Å². The fourth-order valence-electron chi connectivity index (χ4n) is 2.88. The normalized spacial score (nSPS) is 15.4. The molecule has 142 valence electrons. The van der Waals surface area contributed by atoms with Crippen molar-refractivity contribution in [2.75, 3.05) is 23.0 Å². The third-order valence-electron chi connectivity index (χ3n) is 4.02. The second-order valence-electron chi connectivity index (χ2n) is 5.86. The van der Waals surface area contributed by atoms with Gasteiger partial charge in [0.1, 0.15) is 35.1 Å². The van der Waals surface area contributed by atoms with Crippen molar-refractivity contribution in [3.05, 3.63) is 40.7 Å². The molecule has 1 unspecified atom stereocenters. The molecule has 0 saturated heterocycles. The SMILES string of the molecule is CS(=O)(=O)c1ccc(F)cc1C1N=C(NC#N)Nc2nc(N)c(C#N)c(N)c21. The molecule has 12 heteroatoms. The third-order valence-corrected chi connectivity index (χ3v) is 5.19. The first-order valence-electron chi connectivity index (χ1n) is 7.65. The van der Waals surface area contributed by atoms with E-state index in [4.69, 9.17) is 16.7 Å². The van der Waals surface area contributed by atoms with Crippen LogP contribution >= 0.6 is 0 Å². The van der Waals surface area contributed by atoms with E-state index in [2.05, 4.69) is 20.6 Å². The van der Waals surface area contributed by atoms with E-state index in [-0.39, 0.29) is 44.9 Å². The highest BCUT2D eigenvalue weighted by molar-refractivity contribution is 7.90. The van der Waals surface area contributed by atoms with Crippen LogP contribution in [0.1, 0.15) is 22.7 Å². The Balaban J connectivity index is 2.38. The number of nitrogens with zero attached hydrogens (tertiary/aromatic N) is 4. The molecular weight excluding hydrogens is 387 g/mol. The molecule has 2 aromatic rings. The summed E-state index contributed by atoms with van der Waals surface area (Å²) in [5, 5.41) is 23.2. The van der Waals surface area contributed by atoms with Gasteiger partial charge in [-0.15, -0.1) is 0 Å². The lowest BCUT2D eigenvalue weighted by atomic mass is 9.95. The van der Waals surface area contributed by atoms with Crippen LogP contribution in [0.4, 0.5) is 21.7 Å². The number of rotatable bonds is 2. The van der Waals surface area contributed by atoms with Gasteiger partial charge in [-0.1, -0.05) is 0 Å². The molecule has 0 amide bonds. The number of nitrogens with one attached hydrogen (secondary N) is 2. The number of fused-ring (bicyclic) bond motifs is 1. The second kappa shape index (κ2) is 6.68. The van der Waals surface area contributed by atoms with Crippen LogP contribution in [0.2, 0.25) is 0 Å². The maximum atomic E-state index is 14.0. The fraction of sp³-hybridized carbons (Fsp3) is 0.125. The molecule has 1 aromatic heterocycles. The summed E-state index contributed by atoms with van der Waals surface area (Å²) in [5.41, 5.74) is 11.8. The first kappa shape index (κ1) is 18.9. The monoisotopic (exact) mass is 400 g/mol. The standard InChI is InChI=1S/C16H13FN8O2S/c1-28(26,27)10-3-2-7(17)4-8(10)13-11-12(20)9(5-18)14(21)24-15(11)25-16(23-13)22-6-19/h2-4,13H,1H3,(H6,20,21,22,23,24,25). The molecule has 0 fully saturated rings. The number of hydrogen-bond donors (Lipinski definition) is 4. The number of halogens is 1. The van der Waals surface area contributed by atoms with E-state index in [0.717, 1.165) is 24.5 Å². The molecule has 0 aliphatic carbocycles. The average Bonchev–Trinajstić information content (AvgIpc) is 2.60. The average molecular weight is 400 g/mol. The van der Waals surface area contributed by atoms with Crippen LogP contribution in [0, 0.1) is 28.6 Å². The van der Waals surface area contributed by atoms with Crippen molar-refractivity contribution in [2.45, 2.75) is 10.9 Å². The van der Waals surface area contributed by atoms with Crippen LogP contribution in [-0.4, -0.2) is 25.6 Å². The molecule has 0 spiro atoms. The lowest BCUT2D eigenvalue weighted by molar-refractivity contribution is 0.596. The molecule has 1 aromatic carbocycles. The topological polar surface area (TPSA) is 183 Å². The third kappa shape index (κ3) is 3.13. The summed E-state index contributed by atoms with van der Waals surface area (Å²) < 4.78 is 38.4. The molecule has 10 nitrogen and oxygen atoms in total. The summed E-state index contributed by atoms with van der Waals surface area (Å²) in [6.45, 7) is 0. The van der Waals surface area contributed by atoms with Crippen molar-refractivity contribution in [1.29, 1.82) is 10.5 Å². The second-order valence-corrected chi connectivity index (χ2v) is 7.84. The number of aromatic nitrogens is 1. The van der Waals surface area contributed by atoms with E-state index >= 15 is 0 Å². The number of aliphatic imine (C=N–C) groups is 1. The summed E-state index contributed by atoms with van der Waals surface area (Å²) >= 11 is 0. The molecule has 28 heavy (non-hydrogen) atoms. The first-order chi connectivity index (χ1) is 13.2. The Morgan fingerprint density at radius 1 is 1.32 bits per heavy atom. The smallest absolute Gasteiger partial charge is 0.211 e. The first-order valence-corrected chi connectivity index (χ1v) is 9.55. The Labute approximate surface area is 159 Å². The Hall–Kier alpha value is -3.90. The number of benzene rings is 1. The fourth-order valence-corrected chi connectivity index (χ4v) is 3.79. The summed E-state index contributed by atoms with van der Waals surface area (Å²) in [6.07, 6.45) is 2.64. The minimum Gasteiger partial charge on any atom is -0.397 e.